The van der Waals surface area contributed by atoms with E-state index in [1.54, 1.807) is 11.8 Å². The number of hydrogen-bond acceptors (Lipinski definition) is 7. The first-order valence-electron chi connectivity index (χ1n) is 6.31. The highest BCUT2D eigenvalue weighted by atomic mass is 16.6. The van der Waals surface area contributed by atoms with E-state index in [4.69, 9.17) is 10.5 Å². The van der Waals surface area contributed by atoms with E-state index in [1.807, 2.05) is 6.92 Å². The Bertz CT molecular complexity index is 492. The van der Waals surface area contributed by atoms with Crippen LogP contribution in [0.1, 0.15) is 20.3 Å². The van der Waals surface area contributed by atoms with Gasteiger partial charge in [-0.1, -0.05) is 6.92 Å². The van der Waals surface area contributed by atoms with Crippen molar-refractivity contribution in [3.8, 4) is 0 Å². The van der Waals surface area contributed by atoms with Gasteiger partial charge in [0.2, 0.25) is 5.82 Å². The maximum Gasteiger partial charge on any atom is 0.325 e. The Morgan fingerprint density at radius 1 is 1.50 bits per heavy atom. The van der Waals surface area contributed by atoms with Gasteiger partial charge >= 0.3 is 11.7 Å². The number of nitrogens with two attached hydrogens (primary N) is 1. The molecule has 1 heterocycles. The summed E-state index contributed by atoms with van der Waals surface area (Å²) >= 11 is 0. The standard InChI is InChI=1S/C12H18N4O4/c1-3-7-15(8-11(17)20-4-2)10-6-5-9(16(18)19)12(13)14-10/h5-6H,3-4,7-8H2,1-2H3,(H2,13,14). The molecule has 0 spiro atoms. The van der Waals surface area contributed by atoms with Crippen molar-refractivity contribution < 1.29 is 14.5 Å². The fraction of sp³-hybridized carbons (Fsp3) is 0.500. The molecule has 8 heteroatoms. The Morgan fingerprint density at radius 3 is 2.70 bits per heavy atom. The van der Waals surface area contributed by atoms with Gasteiger partial charge in [0.15, 0.2) is 0 Å². The average Bonchev–Trinajstić information content (AvgIpc) is 2.38. The molecular weight excluding hydrogens is 264 g/mol. The van der Waals surface area contributed by atoms with Crippen molar-refractivity contribution in [2.75, 3.05) is 30.3 Å². The monoisotopic (exact) mass is 282 g/mol. The van der Waals surface area contributed by atoms with Gasteiger partial charge in [-0.15, -0.1) is 0 Å². The number of carbonyl (C=O) groups excluding carboxylic acids is 1. The van der Waals surface area contributed by atoms with Gasteiger partial charge in [0, 0.05) is 12.6 Å². The number of pyridine rings is 1. The number of carbonyl (C=O) groups is 1. The van der Waals surface area contributed by atoms with Crippen LogP contribution in [0, 0.1) is 10.1 Å². The summed E-state index contributed by atoms with van der Waals surface area (Å²) in [5.41, 5.74) is 5.30. The first-order chi connectivity index (χ1) is 9.49. The molecule has 1 aromatic rings. The van der Waals surface area contributed by atoms with Gasteiger partial charge in [0.05, 0.1) is 11.5 Å². The molecule has 20 heavy (non-hydrogen) atoms. The number of esters is 1. The fourth-order valence-corrected chi connectivity index (χ4v) is 1.69. The number of anilines is 2. The van der Waals surface area contributed by atoms with Gasteiger partial charge in [-0.25, -0.2) is 4.98 Å². The molecule has 1 rings (SSSR count). The third-order valence-corrected chi connectivity index (χ3v) is 2.53. The van der Waals surface area contributed by atoms with Gasteiger partial charge in [-0.3, -0.25) is 14.9 Å². The molecule has 0 radical (unpaired) electrons. The summed E-state index contributed by atoms with van der Waals surface area (Å²) in [5, 5.41) is 10.7. The molecule has 8 nitrogen and oxygen atoms in total. The van der Waals surface area contributed by atoms with Gasteiger partial charge in [0.25, 0.3) is 0 Å². The number of rotatable bonds is 7. The van der Waals surface area contributed by atoms with E-state index >= 15 is 0 Å². The highest BCUT2D eigenvalue weighted by molar-refractivity contribution is 5.75. The van der Waals surface area contributed by atoms with Crippen LogP contribution in [0.25, 0.3) is 0 Å². The van der Waals surface area contributed by atoms with Crippen LogP contribution in [0.4, 0.5) is 17.3 Å². The van der Waals surface area contributed by atoms with E-state index in [1.165, 1.54) is 12.1 Å². The lowest BCUT2D eigenvalue weighted by molar-refractivity contribution is -0.384. The van der Waals surface area contributed by atoms with Gasteiger partial charge < -0.3 is 15.4 Å². The molecule has 0 amide bonds. The number of hydrogen-bond donors (Lipinski definition) is 1. The number of aromatic nitrogens is 1. The summed E-state index contributed by atoms with van der Waals surface area (Å²) in [7, 11) is 0. The van der Waals surface area contributed by atoms with Crippen LogP contribution in [0.5, 0.6) is 0 Å². The van der Waals surface area contributed by atoms with Crippen LogP contribution < -0.4 is 10.6 Å². The normalized spacial score (nSPS) is 10.1. The zero-order chi connectivity index (χ0) is 15.1. The molecule has 110 valence electrons. The minimum atomic E-state index is -0.596. The largest absolute Gasteiger partial charge is 0.465 e. The Hall–Kier alpha value is -2.38. The minimum absolute atomic E-state index is 0.0337. The molecule has 0 aliphatic rings. The molecule has 2 N–H and O–H groups in total. The summed E-state index contributed by atoms with van der Waals surface area (Å²) in [6, 6.07) is 2.76. The lowest BCUT2D eigenvalue weighted by atomic mass is 10.3. The van der Waals surface area contributed by atoms with Crippen molar-refractivity contribution in [2.45, 2.75) is 20.3 Å². The van der Waals surface area contributed by atoms with E-state index in [0.29, 0.717) is 19.0 Å². The molecule has 0 aliphatic carbocycles. The molecule has 0 saturated carbocycles. The molecule has 0 fully saturated rings. The third-order valence-electron chi connectivity index (χ3n) is 2.53. The van der Waals surface area contributed by atoms with Crippen LogP contribution in [0.15, 0.2) is 12.1 Å². The molecule has 0 atom stereocenters. The predicted octanol–water partition coefficient (Wildman–Crippen LogP) is 1.35. The zero-order valence-electron chi connectivity index (χ0n) is 11.5. The summed E-state index contributed by atoms with van der Waals surface area (Å²) in [6.45, 7) is 4.58. The average molecular weight is 282 g/mol. The first-order valence-corrected chi connectivity index (χ1v) is 6.31. The SMILES string of the molecule is CCCN(CC(=O)OCC)c1ccc([N+](=O)[O-])c(N)n1. The molecular formula is C12H18N4O4. The Labute approximate surface area is 116 Å². The summed E-state index contributed by atoms with van der Waals surface area (Å²) in [5.74, 6) is -0.125. The molecule has 0 aromatic carbocycles. The highest BCUT2D eigenvalue weighted by Gasteiger charge is 2.17. The van der Waals surface area contributed by atoms with Crippen molar-refractivity contribution in [1.82, 2.24) is 4.98 Å². The van der Waals surface area contributed by atoms with Gasteiger partial charge in [-0.2, -0.15) is 0 Å². The minimum Gasteiger partial charge on any atom is -0.465 e. The lowest BCUT2D eigenvalue weighted by Crippen LogP contribution is -2.32. The van der Waals surface area contributed by atoms with Crippen molar-refractivity contribution in [1.29, 1.82) is 0 Å². The van der Waals surface area contributed by atoms with Crippen LogP contribution in [0.3, 0.4) is 0 Å². The molecule has 0 bridgehead atoms. The second-order valence-corrected chi connectivity index (χ2v) is 4.06. The highest BCUT2D eigenvalue weighted by Crippen LogP contribution is 2.23. The van der Waals surface area contributed by atoms with E-state index in [0.717, 1.165) is 6.42 Å². The summed E-state index contributed by atoms with van der Waals surface area (Å²) in [4.78, 5) is 27.3. The van der Waals surface area contributed by atoms with Gasteiger partial charge in [-0.05, 0) is 19.4 Å². The first kappa shape index (κ1) is 15.7. The fourth-order valence-electron chi connectivity index (χ4n) is 1.69. The molecule has 0 aliphatic heterocycles. The Kier molecular flexibility index (Phi) is 5.70. The quantitative estimate of drug-likeness (QED) is 0.456. The molecule has 1 aromatic heterocycles. The summed E-state index contributed by atoms with van der Waals surface area (Å²) < 4.78 is 4.88. The van der Waals surface area contributed by atoms with Crippen LogP contribution >= 0.6 is 0 Å². The topological polar surface area (TPSA) is 112 Å². The lowest BCUT2D eigenvalue weighted by Gasteiger charge is -2.22. The molecule has 0 saturated heterocycles. The van der Waals surface area contributed by atoms with Crippen LogP contribution in [0.2, 0.25) is 0 Å². The second kappa shape index (κ2) is 7.27. The second-order valence-electron chi connectivity index (χ2n) is 4.06. The van der Waals surface area contributed by atoms with Crippen molar-refractivity contribution >= 4 is 23.3 Å². The van der Waals surface area contributed by atoms with Gasteiger partial charge in [0.1, 0.15) is 12.4 Å². The van der Waals surface area contributed by atoms with E-state index in [2.05, 4.69) is 4.98 Å². The third kappa shape index (κ3) is 4.08. The van der Waals surface area contributed by atoms with E-state index < -0.39 is 4.92 Å². The number of nitrogens with zero attached hydrogens (tertiary/aromatic N) is 3. The maximum absolute atomic E-state index is 11.5. The number of ether oxygens (including phenoxy) is 1. The molecule has 0 unspecified atom stereocenters. The van der Waals surface area contributed by atoms with Crippen molar-refractivity contribution in [3.63, 3.8) is 0 Å². The van der Waals surface area contributed by atoms with Crippen LogP contribution in [-0.4, -0.2) is 35.6 Å². The van der Waals surface area contributed by atoms with Crippen molar-refractivity contribution in [3.05, 3.63) is 22.2 Å². The van der Waals surface area contributed by atoms with E-state index in [9.17, 15) is 14.9 Å². The van der Waals surface area contributed by atoms with E-state index in [-0.39, 0.29) is 24.0 Å². The summed E-state index contributed by atoms with van der Waals surface area (Å²) in [6.07, 6.45) is 0.790. The predicted molar refractivity (Wildman–Crippen MR) is 74.4 cm³/mol. The Balaban J connectivity index is 2.94. The Morgan fingerprint density at radius 2 is 2.20 bits per heavy atom. The number of nitro groups is 1. The smallest absolute Gasteiger partial charge is 0.325 e. The zero-order valence-corrected chi connectivity index (χ0v) is 11.5. The van der Waals surface area contributed by atoms with Crippen LogP contribution in [-0.2, 0) is 9.53 Å². The number of nitrogen functional groups attached to an aromatic ring is 1. The van der Waals surface area contributed by atoms with Crippen molar-refractivity contribution in [2.24, 2.45) is 0 Å². The maximum atomic E-state index is 11.5.